The fourth-order valence-corrected chi connectivity index (χ4v) is 3.93. The minimum absolute atomic E-state index is 0.0701. The van der Waals surface area contributed by atoms with Crippen LogP contribution < -0.4 is 5.32 Å². The maximum Gasteiger partial charge on any atom is 0.321 e. The predicted octanol–water partition coefficient (Wildman–Crippen LogP) is 3.55. The Bertz CT molecular complexity index is 1020. The van der Waals surface area contributed by atoms with Gasteiger partial charge in [-0.2, -0.15) is 0 Å². The fraction of sp³-hybridized carbons (Fsp3) is 0.261. The summed E-state index contributed by atoms with van der Waals surface area (Å²) in [6.07, 6.45) is 5.13. The standard InChI is InChI=1S/C23H22N4O3/c28-22(21-4-2-10-30-21)26-12-18(13-26)16-5-7-20(8-6-16)25-23(29)27-14-19(15-27)17-3-1-9-24-11-17/h1-11,18-19H,12-15H2,(H,25,29). The van der Waals surface area contributed by atoms with Gasteiger partial charge in [-0.3, -0.25) is 9.78 Å². The van der Waals surface area contributed by atoms with Crippen LogP contribution in [-0.2, 0) is 0 Å². The summed E-state index contributed by atoms with van der Waals surface area (Å²) < 4.78 is 5.17. The number of likely N-dealkylation sites (tertiary alicyclic amines) is 2. The third kappa shape index (κ3) is 3.54. The molecule has 2 saturated heterocycles. The van der Waals surface area contributed by atoms with Crippen LogP contribution >= 0.6 is 0 Å². The molecule has 3 amide bonds. The van der Waals surface area contributed by atoms with E-state index in [4.69, 9.17) is 4.42 Å². The van der Waals surface area contributed by atoms with Crippen molar-refractivity contribution in [2.24, 2.45) is 0 Å². The van der Waals surface area contributed by atoms with Crippen LogP contribution in [0.3, 0.4) is 0 Å². The molecule has 1 N–H and O–H groups in total. The first-order valence-electron chi connectivity index (χ1n) is 10.1. The van der Waals surface area contributed by atoms with E-state index in [2.05, 4.69) is 16.4 Å². The average molecular weight is 402 g/mol. The molecule has 0 bridgehead atoms. The van der Waals surface area contributed by atoms with Crippen molar-refractivity contribution in [2.75, 3.05) is 31.5 Å². The highest BCUT2D eigenvalue weighted by atomic mass is 16.3. The Morgan fingerprint density at radius 3 is 2.30 bits per heavy atom. The molecule has 152 valence electrons. The summed E-state index contributed by atoms with van der Waals surface area (Å²) in [4.78, 5) is 32.4. The van der Waals surface area contributed by atoms with E-state index >= 15 is 0 Å². The van der Waals surface area contributed by atoms with Crippen LogP contribution in [-0.4, -0.2) is 52.9 Å². The van der Waals surface area contributed by atoms with Crippen molar-refractivity contribution in [1.29, 1.82) is 0 Å². The number of hydrogen-bond donors (Lipinski definition) is 1. The summed E-state index contributed by atoms with van der Waals surface area (Å²) in [5.41, 5.74) is 3.11. The van der Waals surface area contributed by atoms with Crippen molar-refractivity contribution in [2.45, 2.75) is 11.8 Å². The monoisotopic (exact) mass is 402 g/mol. The summed E-state index contributed by atoms with van der Waals surface area (Å²) in [5.74, 6) is 0.976. The highest BCUT2D eigenvalue weighted by Gasteiger charge is 2.34. The number of hydrogen-bond acceptors (Lipinski definition) is 4. The van der Waals surface area contributed by atoms with Gasteiger partial charge in [0.1, 0.15) is 0 Å². The molecular formula is C23H22N4O3. The molecule has 2 aromatic heterocycles. The molecule has 0 unspecified atom stereocenters. The number of nitrogens with one attached hydrogen (secondary N) is 1. The van der Waals surface area contributed by atoms with Crippen LogP contribution in [0.2, 0.25) is 0 Å². The first kappa shape index (κ1) is 18.4. The largest absolute Gasteiger partial charge is 0.459 e. The molecule has 2 aliphatic rings. The maximum absolute atomic E-state index is 12.4. The molecule has 7 heteroatoms. The lowest BCUT2D eigenvalue weighted by atomic mass is 9.91. The third-order valence-electron chi connectivity index (χ3n) is 5.86. The molecular weight excluding hydrogens is 380 g/mol. The molecule has 2 fully saturated rings. The van der Waals surface area contributed by atoms with Gasteiger partial charge in [-0.25, -0.2) is 4.79 Å². The zero-order valence-corrected chi connectivity index (χ0v) is 16.4. The minimum atomic E-state index is -0.0817. The lowest BCUT2D eigenvalue weighted by Crippen LogP contribution is -2.50. The van der Waals surface area contributed by atoms with Crippen LogP contribution in [0.25, 0.3) is 0 Å². The first-order chi connectivity index (χ1) is 14.7. The molecule has 4 heterocycles. The number of furan rings is 1. The molecule has 2 aliphatic heterocycles. The van der Waals surface area contributed by atoms with Crippen molar-refractivity contribution < 1.29 is 14.0 Å². The average Bonchev–Trinajstić information content (AvgIpc) is 3.23. The van der Waals surface area contributed by atoms with E-state index in [0.717, 1.165) is 11.3 Å². The summed E-state index contributed by atoms with van der Waals surface area (Å²) in [6.45, 7) is 2.76. The zero-order chi connectivity index (χ0) is 20.5. The molecule has 0 saturated carbocycles. The van der Waals surface area contributed by atoms with Gasteiger partial charge in [-0.05, 0) is 41.5 Å². The van der Waals surface area contributed by atoms with E-state index in [0.29, 0.717) is 43.8 Å². The quantitative estimate of drug-likeness (QED) is 0.724. The number of carbonyl (C=O) groups is 2. The highest BCUT2D eigenvalue weighted by molar-refractivity contribution is 5.92. The van der Waals surface area contributed by atoms with Gasteiger partial charge in [0.15, 0.2) is 5.76 Å². The van der Waals surface area contributed by atoms with Crippen LogP contribution in [0.1, 0.15) is 33.5 Å². The van der Waals surface area contributed by atoms with Gasteiger partial charge >= 0.3 is 6.03 Å². The highest BCUT2D eigenvalue weighted by Crippen LogP contribution is 2.30. The van der Waals surface area contributed by atoms with Gasteiger partial charge in [-0.1, -0.05) is 18.2 Å². The minimum Gasteiger partial charge on any atom is -0.459 e. The normalized spacial score (nSPS) is 16.7. The molecule has 1 aromatic carbocycles. The topological polar surface area (TPSA) is 78.7 Å². The Morgan fingerprint density at radius 1 is 0.900 bits per heavy atom. The zero-order valence-electron chi connectivity index (χ0n) is 16.4. The number of amides is 3. The Hall–Kier alpha value is -3.61. The Balaban J connectivity index is 1.10. The smallest absolute Gasteiger partial charge is 0.321 e. The number of rotatable bonds is 4. The van der Waals surface area contributed by atoms with Gasteiger partial charge in [0.05, 0.1) is 6.26 Å². The number of benzene rings is 1. The first-order valence-corrected chi connectivity index (χ1v) is 10.1. The van der Waals surface area contributed by atoms with E-state index in [1.165, 1.54) is 11.8 Å². The molecule has 0 radical (unpaired) electrons. The molecule has 5 rings (SSSR count). The van der Waals surface area contributed by atoms with Gasteiger partial charge in [0.25, 0.3) is 5.91 Å². The Labute approximate surface area is 174 Å². The molecule has 0 aliphatic carbocycles. The molecule has 0 spiro atoms. The summed E-state index contributed by atoms with van der Waals surface area (Å²) in [6, 6.07) is 15.2. The van der Waals surface area contributed by atoms with Gasteiger partial charge < -0.3 is 19.5 Å². The van der Waals surface area contributed by atoms with Crippen LogP contribution in [0, 0.1) is 0 Å². The molecule has 7 nitrogen and oxygen atoms in total. The lowest BCUT2D eigenvalue weighted by molar-refractivity contribution is 0.0569. The van der Waals surface area contributed by atoms with Gasteiger partial charge in [-0.15, -0.1) is 0 Å². The van der Waals surface area contributed by atoms with Crippen molar-refractivity contribution in [1.82, 2.24) is 14.8 Å². The van der Waals surface area contributed by atoms with Crippen molar-refractivity contribution >= 4 is 17.6 Å². The lowest BCUT2D eigenvalue weighted by Gasteiger charge is -2.39. The van der Waals surface area contributed by atoms with Gasteiger partial charge in [0, 0.05) is 56.1 Å². The summed E-state index contributed by atoms with van der Waals surface area (Å²) in [7, 11) is 0. The predicted molar refractivity (Wildman–Crippen MR) is 111 cm³/mol. The van der Waals surface area contributed by atoms with Crippen LogP contribution in [0.5, 0.6) is 0 Å². The Kier molecular flexibility index (Phi) is 4.71. The van der Waals surface area contributed by atoms with E-state index in [-0.39, 0.29) is 11.9 Å². The van der Waals surface area contributed by atoms with E-state index < -0.39 is 0 Å². The fourth-order valence-electron chi connectivity index (χ4n) is 3.93. The van der Waals surface area contributed by atoms with Crippen LogP contribution in [0.4, 0.5) is 10.5 Å². The second kappa shape index (κ2) is 7.67. The maximum atomic E-state index is 12.4. The number of aromatic nitrogens is 1. The number of anilines is 1. The van der Waals surface area contributed by atoms with E-state index in [9.17, 15) is 9.59 Å². The number of carbonyl (C=O) groups excluding carboxylic acids is 2. The second-order valence-electron chi connectivity index (χ2n) is 7.82. The van der Waals surface area contributed by atoms with Crippen LogP contribution in [0.15, 0.2) is 71.6 Å². The molecule has 3 aromatic rings. The number of nitrogens with zero attached hydrogens (tertiary/aromatic N) is 3. The van der Waals surface area contributed by atoms with Crippen molar-refractivity contribution in [3.63, 3.8) is 0 Å². The van der Waals surface area contributed by atoms with E-state index in [1.807, 2.05) is 36.5 Å². The van der Waals surface area contributed by atoms with E-state index in [1.54, 1.807) is 28.1 Å². The molecule has 30 heavy (non-hydrogen) atoms. The van der Waals surface area contributed by atoms with Crippen molar-refractivity contribution in [3.8, 4) is 0 Å². The summed E-state index contributed by atoms with van der Waals surface area (Å²) in [5, 5.41) is 2.96. The number of pyridine rings is 1. The third-order valence-corrected chi connectivity index (χ3v) is 5.86. The van der Waals surface area contributed by atoms with Gasteiger partial charge in [0.2, 0.25) is 0 Å². The summed E-state index contributed by atoms with van der Waals surface area (Å²) >= 11 is 0. The Morgan fingerprint density at radius 2 is 1.63 bits per heavy atom. The molecule has 0 atom stereocenters. The van der Waals surface area contributed by atoms with Crippen molar-refractivity contribution in [3.05, 3.63) is 84.1 Å². The SMILES string of the molecule is O=C(Nc1ccc(C2CN(C(=O)c3ccco3)C2)cc1)N1CC(c2cccnc2)C1. The number of urea groups is 1. The second-order valence-corrected chi connectivity index (χ2v) is 7.82.